The molecule has 3 heteroatoms. The SMILES string of the molecule is Cc1c2c(nc3c(C4CC4)ccc(Cl)c13)CCNCC2. The molecule has 1 aliphatic carbocycles. The van der Waals surface area contributed by atoms with Crippen molar-refractivity contribution >= 4 is 22.5 Å². The van der Waals surface area contributed by atoms with Gasteiger partial charge in [-0.2, -0.15) is 0 Å². The lowest BCUT2D eigenvalue weighted by molar-refractivity contribution is 0.708. The van der Waals surface area contributed by atoms with E-state index in [1.165, 1.54) is 40.6 Å². The summed E-state index contributed by atoms with van der Waals surface area (Å²) in [6, 6.07) is 4.25. The van der Waals surface area contributed by atoms with E-state index in [4.69, 9.17) is 16.6 Å². The molecule has 2 heterocycles. The van der Waals surface area contributed by atoms with Gasteiger partial charge in [-0.15, -0.1) is 0 Å². The molecule has 0 atom stereocenters. The average Bonchev–Trinajstić information content (AvgIpc) is 3.25. The van der Waals surface area contributed by atoms with Crippen molar-refractivity contribution < 1.29 is 0 Å². The van der Waals surface area contributed by atoms with E-state index in [0.717, 1.165) is 36.5 Å². The Labute approximate surface area is 124 Å². The lowest BCUT2D eigenvalue weighted by Gasteiger charge is -2.15. The van der Waals surface area contributed by atoms with Crippen molar-refractivity contribution in [2.24, 2.45) is 0 Å². The summed E-state index contributed by atoms with van der Waals surface area (Å²) >= 11 is 6.49. The molecule has 0 bridgehead atoms. The summed E-state index contributed by atoms with van der Waals surface area (Å²) in [5.74, 6) is 0.712. The zero-order chi connectivity index (χ0) is 13.7. The molecule has 1 saturated carbocycles. The summed E-state index contributed by atoms with van der Waals surface area (Å²) < 4.78 is 0. The molecule has 2 aromatic rings. The number of pyridine rings is 1. The Kier molecular flexibility index (Phi) is 2.97. The minimum absolute atomic E-state index is 0.712. The maximum atomic E-state index is 6.49. The second-order valence-corrected chi connectivity index (χ2v) is 6.45. The maximum Gasteiger partial charge on any atom is 0.0757 e. The van der Waals surface area contributed by atoms with Crippen LogP contribution in [0.5, 0.6) is 0 Å². The van der Waals surface area contributed by atoms with E-state index in [1.54, 1.807) is 0 Å². The van der Waals surface area contributed by atoms with E-state index in [-0.39, 0.29) is 0 Å². The number of hydrogen-bond donors (Lipinski definition) is 1. The van der Waals surface area contributed by atoms with Crippen molar-refractivity contribution in [1.82, 2.24) is 10.3 Å². The molecule has 1 aliphatic heterocycles. The summed E-state index contributed by atoms with van der Waals surface area (Å²) in [5, 5.41) is 5.51. The lowest BCUT2D eigenvalue weighted by Crippen LogP contribution is -2.16. The number of fused-ring (bicyclic) bond motifs is 2. The largest absolute Gasteiger partial charge is 0.316 e. The van der Waals surface area contributed by atoms with Gasteiger partial charge in [-0.3, -0.25) is 4.98 Å². The van der Waals surface area contributed by atoms with Crippen LogP contribution < -0.4 is 5.32 Å². The van der Waals surface area contributed by atoms with Gasteiger partial charge in [0.15, 0.2) is 0 Å². The molecule has 0 amide bonds. The van der Waals surface area contributed by atoms with Crippen LogP contribution in [0.4, 0.5) is 0 Å². The first kappa shape index (κ1) is 12.6. The minimum atomic E-state index is 0.712. The van der Waals surface area contributed by atoms with E-state index in [2.05, 4.69) is 24.4 Å². The molecule has 1 aromatic heterocycles. The molecule has 0 saturated heterocycles. The van der Waals surface area contributed by atoms with Crippen molar-refractivity contribution in [3.8, 4) is 0 Å². The van der Waals surface area contributed by atoms with Crippen molar-refractivity contribution in [2.75, 3.05) is 13.1 Å². The van der Waals surface area contributed by atoms with E-state index >= 15 is 0 Å². The van der Waals surface area contributed by atoms with Crippen LogP contribution in [0.3, 0.4) is 0 Å². The van der Waals surface area contributed by atoms with Crippen LogP contribution in [0.1, 0.15) is 41.1 Å². The molecule has 2 aliphatic rings. The van der Waals surface area contributed by atoms with Gasteiger partial charge < -0.3 is 5.32 Å². The molecule has 20 heavy (non-hydrogen) atoms. The molecule has 2 nitrogen and oxygen atoms in total. The predicted molar refractivity (Wildman–Crippen MR) is 83.7 cm³/mol. The third-order valence-electron chi connectivity index (χ3n) is 4.69. The van der Waals surface area contributed by atoms with Crippen LogP contribution in [0.25, 0.3) is 10.9 Å². The monoisotopic (exact) mass is 286 g/mol. The Hall–Kier alpha value is -1.12. The highest BCUT2D eigenvalue weighted by Gasteiger charge is 2.27. The zero-order valence-electron chi connectivity index (χ0n) is 11.8. The maximum absolute atomic E-state index is 6.49. The fourth-order valence-corrected chi connectivity index (χ4v) is 3.73. The smallest absolute Gasteiger partial charge is 0.0757 e. The molecule has 1 N–H and O–H groups in total. The van der Waals surface area contributed by atoms with Crippen molar-refractivity contribution in [3.05, 3.63) is 39.5 Å². The van der Waals surface area contributed by atoms with Gasteiger partial charge in [0.1, 0.15) is 0 Å². The fourth-order valence-electron chi connectivity index (χ4n) is 3.44. The molecule has 104 valence electrons. The van der Waals surface area contributed by atoms with Crippen LogP contribution >= 0.6 is 11.6 Å². The predicted octanol–water partition coefficient (Wildman–Crippen LogP) is 3.76. The Morgan fingerprint density at radius 3 is 2.80 bits per heavy atom. The van der Waals surface area contributed by atoms with E-state index < -0.39 is 0 Å². The number of nitrogens with zero attached hydrogens (tertiary/aromatic N) is 1. The second-order valence-electron chi connectivity index (χ2n) is 6.05. The van der Waals surface area contributed by atoms with Gasteiger partial charge in [0.2, 0.25) is 0 Å². The molecule has 0 radical (unpaired) electrons. The van der Waals surface area contributed by atoms with E-state index in [0.29, 0.717) is 5.92 Å². The summed E-state index contributed by atoms with van der Waals surface area (Å²) in [5.41, 5.74) is 6.62. The van der Waals surface area contributed by atoms with Gasteiger partial charge in [0, 0.05) is 24.0 Å². The Morgan fingerprint density at radius 1 is 1.20 bits per heavy atom. The molecule has 4 rings (SSSR count). The molecular formula is C17H19ClN2. The van der Waals surface area contributed by atoms with Gasteiger partial charge in [-0.1, -0.05) is 17.7 Å². The zero-order valence-corrected chi connectivity index (χ0v) is 12.6. The highest BCUT2D eigenvalue weighted by Crippen LogP contribution is 2.44. The first-order chi connectivity index (χ1) is 9.75. The third kappa shape index (κ3) is 1.94. The lowest BCUT2D eigenvalue weighted by atomic mass is 9.95. The topological polar surface area (TPSA) is 24.9 Å². The summed E-state index contributed by atoms with van der Waals surface area (Å²) in [6.45, 7) is 4.29. The fraction of sp³-hybridized carbons (Fsp3) is 0.471. The van der Waals surface area contributed by atoms with Crippen molar-refractivity contribution in [1.29, 1.82) is 0 Å². The Bertz CT molecular complexity index is 689. The first-order valence-electron chi connectivity index (χ1n) is 7.57. The van der Waals surface area contributed by atoms with Crippen molar-refractivity contribution in [3.63, 3.8) is 0 Å². The summed E-state index contributed by atoms with van der Waals surface area (Å²) in [4.78, 5) is 5.03. The summed E-state index contributed by atoms with van der Waals surface area (Å²) in [6.07, 6.45) is 4.70. The van der Waals surface area contributed by atoms with Crippen LogP contribution in [-0.4, -0.2) is 18.1 Å². The number of halogens is 1. The minimum Gasteiger partial charge on any atom is -0.316 e. The van der Waals surface area contributed by atoms with Gasteiger partial charge in [-0.05, 0) is 61.4 Å². The van der Waals surface area contributed by atoms with Crippen molar-refractivity contribution in [2.45, 2.75) is 38.5 Å². The normalized spacial score (nSPS) is 18.9. The van der Waals surface area contributed by atoms with Gasteiger partial charge in [0.25, 0.3) is 0 Å². The van der Waals surface area contributed by atoms with E-state index in [1.807, 2.05) is 0 Å². The molecular weight excluding hydrogens is 268 g/mol. The average molecular weight is 287 g/mol. The number of nitrogens with one attached hydrogen (secondary N) is 1. The van der Waals surface area contributed by atoms with Crippen LogP contribution in [0.2, 0.25) is 5.02 Å². The summed E-state index contributed by atoms with van der Waals surface area (Å²) in [7, 11) is 0. The van der Waals surface area contributed by atoms with Crippen LogP contribution in [0.15, 0.2) is 12.1 Å². The number of hydrogen-bond acceptors (Lipinski definition) is 2. The highest BCUT2D eigenvalue weighted by molar-refractivity contribution is 6.35. The van der Waals surface area contributed by atoms with E-state index in [9.17, 15) is 0 Å². The number of aromatic nitrogens is 1. The molecule has 1 fully saturated rings. The number of rotatable bonds is 1. The molecule has 0 unspecified atom stereocenters. The highest BCUT2D eigenvalue weighted by atomic mass is 35.5. The quantitative estimate of drug-likeness (QED) is 0.863. The molecule has 1 aromatic carbocycles. The third-order valence-corrected chi connectivity index (χ3v) is 5.00. The molecule has 0 spiro atoms. The number of benzene rings is 1. The van der Waals surface area contributed by atoms with Gasteiger partial charge >= 0.3 is 0 Å². The Balaban J connectivity index is 2.04. The van der Waals surface area contributed by atoms with Gasteiger partial charge in [0.05, 0.1) is 10.5 Å². The second kappa shape index (κ2) is 4.71. The number of aryl methyl sites for hydroxylation is 1. The van der Waals surface area contributed by atoms with Crippen LogP contribution in [0, 0.1) is 6.92 Å². The van der Waals surface area contributed by atoms with Gasteiger partial charge in [-0.25, -0.2) is 0 Å². The Morgan fingerprint density at radius 2 is 2.00 bits per heavy atom. The van der Waals surface area contributed by atoms with Crippen LogP contribution in [-0.2, 0) is 12.8 Å². The first-order valence-corrected chi connectivity index (χ1v) is 7.94. The standard InChI is InChI=1S/C17H19ClN2/c1-10-12-6-8-19-9-7-15(12)20-17-13(11-2-3-11)4-5-14(18)16(10)17/h4-5,11,19H,2-3,6-9H2,1H3.